The highest BCUT2D eigenvalue weighted by Gasteiger charge is 2.13. The van der Waals surface area contributed by atoms with Crippen LogP contribution in [0.15, 0.2) is 28.2 Å². The number of carbonyl (C=O) groups is 1. The predicted octanol–water partition coefficient (Wildman–Crippen LogP) is 2.63. The number of carbonyl (C=O) groups excluding carboxylic acids is 1. The molecule has 0 unspecified atom stereocenters. The highest BCUT2D eigenvalue weighted by molar-refractivity contribution is 7.99. The first-order valence-corrected chi connectivity index (χ1v) is 8.07. The number of ether oxygens (including phenoxy) is 1. The van der Waals surface area contributed by atoms with Gasteiger partial charge in [0.1, 0.15) is 11.4 Å². The lowest BCUT2D eigenvalue weighted by atomic mass is 10.3. The van der Waals surface area contributed by atoms with Gasteiger partial charge in [-0.05, 0) is 35.7 Å². The largest absolute Gasteiger partial charge is 0.462 e. The number of nitrogens with two attached hydrogens (primary N) is 1. The van der Waals surface area contributed by atoms with Crippen molar-refractivity contribution >= 4 is 34.9 Å². The van der Waals surface area contributed by atoms with Crippen LogP contribution in [0.4, 0.5) is 5.82 Å². The summed E-state index contributed by atoms with van der Waals surface area (Å²) >= 11 is 3.20. The number of aromatic nitrogens is 2. The Morgan fingerprint density at radius 3 is 3.05 bits per heavy atom. The van der Waals surface area contributed by atoms with Crippen LogP contribution in [0.5, 0.6) is 0 Å². The van der Waals surface area contributed by atoms with Gasteiger partial charge in [0.15, 0.2) is 5.16 Å². The van der Waals surface area contributed by atoms with Crippen LogP contribution in [0.3, 0.4) is 0 Å². The molecule has 0 atom stereocenters. The number of hydrogen-bond acceptors (Lipinski definition) is 7. The molecule has 7 heteroatoms. The first-order valence-electron chi connectivity index (χ1n) is 6.14. The smallest absolute Gasteiger partial charge is 0.343 e. The molecule has 2 aromatic rings. The van der Waals surface area contributed by atoms with Gasteiger partial charge in [-0.2, -0.15) is 11.3 Å². The number of hydrogen-bond donors (Lipinski definition) is 1. The molecule has 0 bridgehead atoms. The van der Waals surface area contributed by atoms with E-state index in [1.54, 1.807) is 18.3 Å². The molecular weight excluding hydrogens is 294 g/mol. The molecule has 0 aromatic carbocycles. The van der Waals surface area contributed by atoms with Crippen LogP contribution in [0.1, 0.15) is 22.8 Å². The standard InChI is InChI=1S/C13H15N3O2S2/c1-2-18-12(17)10-7-15-13(16-11(10)14)20-6-4-9-3-5-19-8-9/h3,5,7-8H,2,4,6H2,1H3,(H2,14,15,16). The second-order valence-electron chi connectivity index (χ2n) is 3.90. The molecule has 0 fully saturated rings. The molecule has 0 aliphatic heterocycles. The van der Waals surface area contributed by atoms with E-state index < -0.39 is 5.97 Å². The van der Waals surface area contributed by atoms with Crippen LogP contribution < -0.4 is 5.73 Å². The van der Waals surface area contributed by atoms with Crippen molar-refractivity contribution in [3.8, 4) is 0 Å². The molecule has 0 spiro atoms. The van der Waals surface area contributed by atoms with Crippen molar-refractivity contribution in [2.24, 2.45) is 0 Å². The Labute approximate surface area is 125 Å². The van der Waals surface area contributed by atoms with Gasteiger partial charge in [-0.15, -0.1) is 0 Å². The van der Waals surface area contributed by atoms with Crippen LogP contribution >= 0.6 is 23.1 Å². The first kappa shape index (κ1) is 14.8. The number of esters is 1. The summed E-state index contributed by atoms with van der Waals surface area (Å²) in [4.78, 5) is 19.8. The Hall–Kier alpha value is -1.60. The van der Waals surface area contributed by atoms with Gasteiger partial charge in [0, 0.05) is 11.9 Å². The lowest BCUT2D eigenvalue weighted by Crippen LogP contribution is -2.10. The third-order valence-corrected chi connectivity index (χ3v) is 4.09. The van der Waals surface area contributed by atoms with Crippen molar-refractivity contribution in [2.75, 3.05) is 18.1 Å². The van der Waals surface area contributed by atoms with Gasteiger partial charge in [-0.3, -0.25) is 0 Å². The summed E-state index contributed by atoms with van der Waals surface area (Å²) in [6, 6.07) is 2.10. The fraction of sp³-hybridized carbons (Fsp3) is 0.308. The molecule has 20 heavy (non-hydrogen) atoms. The van der Waals surface area contributed by atoms with Gasteiger partial charge in [0.25, 0.3) is 0 Å². The number of anilines is 1. The van der Waals surface area contributed by atoms with E-state index in [-0.39, 0.29) is 11.4 Å². The predicted molar refractivity (Wildman–Crippen MR) is 81.1 cm³/mol. The maximum atomic E-state index is 11.6. The molecule has 0 radical (unpaired) electrons. The third kappa shape index (κ3) is 3.94. The third-order valence-electron chi connectivity index (χ3n) is 2.49. The number of thioether (sulfide) groups is 1. The van der Waals surface area contributed by atoms with Crippen molar-refractivity contribution in [1.29, 1.82) is 0 Å². The molecule has 0 aliphatic carbocycles. The molecule has 106 valence electrons. The average molecular weight is 309 g/mol. The van der Waals surface area contributed by atoms with E-state index in [2.05, 4.69) is 26.8 Å². The van der Waals surface area contributed by atoms with Crippen LogP contribution in [0, 0.1) is 0 Å². The highest BCUT2D eigenvalue weighted by Crippen LogP contribution is 2.19. The topological polar surface area (TPSA) is 78.1 Å². The summed E-state index contributed by atoms with van der Waals surface area (Å²) in [5, 5.41) is 4.76. The number of thiophene rings is 1. The summed E-state index contributed by atoms with van der Waals surface area (Å²) in [6.45, 7) is 2.04. The zero-order valence-electron chi connectivity index (χ0n) is 11.0. The van der Waals surface area contributed by atoms with Crippen LogP contribution in [0.25, 0.3) is 0 Å². The van der Waals surface area contributed by atoms with E-state index in [1.165, 1.54) is 23.5 Å². The second-order valence-corrected chi connectivity index (χ2v) is 5.74. The lowest BCUT2D eigenvalue weighted by molar-refractivity contribution is 0.0526. The molecular formula is C13H15N3O2S2. The summed E-state index contributed by atoms with van der Waals surface area (Å²) < 4.78 is 4.87. The van der Waals surface area contributed by atoms with Gasteiger partial charge in [0.2, 0.25) is 0 Å². The Balaban J connectivity index is 1.93. The molecule has 0 saturated carbocycles. The minimum atomic E-state index is -0.486. The Kier molecular flexibility index (Phi) is 5.37. The van der Waals surface area contributed by atoms with Crippen molar-refractivity contribution in [3.63, 3.8) is 0 Å². The lowest BCUT2D eigenvalue weighted by Gasteiger charge is -2.05. The number of aryl methyl sites for hydroxylation is 1. The zero-order valence-corrected chi connectivity index (χ0v) is 12.7. The van der Waals surface area contributed by atoms with Gasteiger partial charge in [-0.25, -0.2) is 14.8 Å². The van der Waals surface area contributed by atoms with E-state index in [9.17, 15) is 4.79 Å². The van der Waals surface area contributed by atoms with Crippen LogP contribution in [-0.4, -0.2) is 28.3 Å². The second kappa shape index (κ2) is 7.25. The molecule has 0 aliphatic rings. The van der Waals surface area contributed by atoms with Gasteiger partial charge in [-0.1, -0.05) is 11.8 Å². The van der Waals surface area contributed by atoms with E-state index in [0.29, 0.717) is 11.8 Å². The Morgan fingerprint density at radius 2 is 2.40 bits per heavy atom. The fourth-order valence-electron chi connectivity index (χ4n) is 1.51. The zero-order chi connectivity index (χ0) is 14.4. The minimum absolute atomic E-state index is 0.163. The molecule has 5 nitrogen and oxygen atoms in total. The molecule has 2 rings (SSSR count). The van der Waals surface area contributed by atoms with E-state index >= 15 is 0 Å². The number of nitrogens with zero attached hydrogens (tertiary/aromatic N) is 2. The number of rotatable bonds is 6. The summed E-state index contributed by atoms with van der Waals surface area (Å²) in [6.07, 6.45) is 2.38. The van der Waals surface area contributed by atoms with Crippen LogP contribution in [-0.2, 0) is 11.2 Å². The van der Waals surface area contributed by atoms with E-state index in [0.717, 1.165) is 12.2 Å². The fourth-order valence-corrected chi connectivity index (χ4v) is 3.02. The Bertz CT molecular complexity index is 573. The average Bonchev–Trinajstić information content (AvgIpc) is 2.92. The maximum Gasteiger partial charge on any atom is 0.343 e. The van der Waals surface area contributed by atoms with Crippen molar-refractivity contribution in [1.82, 2.24) is 9.97 Å². The molecule has 2 aromatic heterocycles. The number of nitrogen functional groups attached to an aromatic ring is 1. The maximum absolute atomic E-state index is 11.6. The van der Waals surface area contributed by atoms with E-state index in [1.807, 2.05) is 0 Å². The monoisotopic (exact) mass is 309 g/mol. The summed E-state index contributed by atoms with van der Waals surface area (Å²) in [7, 11) is 0. The van der Waals surface area contributed by atoms with E-state index in [4.69, 9.17) is 10.5 Å². The summed E-state index contributed by atoms with van der Waals surface area (Å²) in [5.41, 5.74) is 7.28. The molecule has 2 heterocycles. The quantitative estimate of drug-likeness (QED) is 0.502. The van der Waals surface area contributed by atoms with Gasteiger partial charge < -0.3 is 10.5 Å². The normalized spacial score (nSPS) is 10.4. The Morgan fingerprint density at radius 1 is 1.55 bits per heavy atom. The SMILES string of the molecule is CCOC(=O)c1cnc(SCCc2ccsc2)nc1N. The first-order chi connectivity index (χ1) is 9.70. The molecule has 2 N–H and O–H groups in total. The van der Waals surface area contributed by atoms with Crippen molar-refractivity contribution in [3.05, 3.63) is 34.2 Å². The van der Waals surface area contributed by atoms with Crippen molar-refractivity contribution in [2.45, 2.75) is 18.5 Å². The molecule has 0 saturated heterocycles. The van der Waals surface area contributed by atoms with Crippen molar-refractivity contribution < 1.29 is 9.53 Å². The van der Waals surface area contributed by atoms with Crippen LogP contribution in [0.2, 0.25) is 0 Å². The van der Waals surface area contributed by atoms with Gasteiger partial charge >= 0.3 is 5.97 Å². The summed E-state index contributed by atoms with van der Waals surface area (Å²) in [5.74, 6) is 0.547. The molecule has 0 amide bonds. The minimum Gasteiger partial charge on any atom is -0.462 e. The van der Waals surface area contributed by atoms with Gasteiger partial charge in [0.05, 0.1) is 6.61 Å². The highest BCUT2D eigenvalue weighted by atomic mass is 32.2.